The van der Waals surface area contributed by atoms with Crippen molar-refractivity contribution in [2.24, 2.45) is 0 Å². The quantitative estimate of drug-likeness (QED) is 0.516. The summed E-state index contributed by atoms with van der Waals surface area (Å²) in [5.74, 6) is -0.131. The maximum absolute atomic E-state index is 11.9. The van der Waals surface area contributed by atoms with Crippen molar-refractivity contribution in [3.63, 3.8) is 0 Å². The van der Waals surface area contributed by atoms with Crippen LogP contribution in [0.15, 0.2) is 54.6 Å². The van der Waals surface area contributed by atoms with Gasteiger partial charge in [0.2, 0.25) is 0 Å². The van der Waals surface area contributed by atoms with Crippen molar-refractivity contribution < 1.29 is 4.79 Å². The standard InChI is InChI=1S/C15H12ClNO/c16-13-7-3-1-5-11(13)9-10-15(18)12-6-2-4-8-14(12)17/h1-10H,17H2/b10-9+. The highest BCUT2D eigenvalue weighted by atomic mass is 35.5. The Balaban J connectivity index is 2.23. The number of para-hydroxylation sites is 1. The van der Waals surface area contributed by atoms with Crippen LogP contribution in [0.5, 0.6) is 0 Å². The third-order valence-corrected chi connectivity index (χ3v) is 2.89. The van der Waals surface area contributed by atoms with E-state index < -0.39 is 0 Å². The van der Waals surface area contributed by atoms with Crippen molar-refractivity contribution >= 4 is 29.1 Å². The zero-order chi connectivity index (χ0) is 13.0. The van der Waals surface area contributed by atoms with E-state index in [4.69, 9.17) is 17.3 Å². The summed E-state index contributed by atoms with van der Waals surface area (Å²) in [5, 5.41) is 0.614. The molecule has 2 aromatic carbocycles. The van der Waals surface area contributed by atoms with Gasteiger partial charge in [0, 0.05) is 16.3 Å². The predicted molar refractivity (Wildman–Crippen MR) is 75.7 cm³/mol. The number of hydrogen-bond donors (Lipinski definition) is 1. The maximum Gasteiger partial charge on any atom is 0.187 e. The molecule has 0 saturated heterocycles. The van der Waals surface area contributed by atoms with Gasteiger partial charge in [-0.3, -0.25) is 4.79 Å². The summed E-state index contributed by atoms with van der Waals surface area (Å²) >= 11 is 6.00. The van der Waals surface area contributed by atoms with E-state index in [0.717, 1.165) is 5.56 Å². The highest BCUT2D eigenvalue weighted by molar-refractivity contribution is 6.32. The lowest BCUT2D eigenvalue weighted by atomic mass is 10.1. The molecule has 0 aliphatic rings. The number of allylic oxidation sites excluding steroid dienone is 1. The van der Waals surface area contributed by atoms with Crippen LogP contribution in [0.4, 0.5) is 5.69 Å². The van der Waals surface area contributed by atoms with Gasteiger partial charge in [-0.15, -0.1) is 0 Å². The molecule has 18 heavy (non-hydrogen) atoms. The lowest BCUT2D eigenvalue weighted by Gasteiger charge is -2.00. The molecule has 2 aromatic rings. The number of ketones is 1. The molecular weight excluding hydrogens is 246 g/mol. The summed E-state index contributed by atoms with van der Waals surface area (Å²) in [7, 11) is 0. The molecule has 2 nitrogen and oxygen atoms in total. The Morgan fingerprint density at radius 1 is 1.06 bits per heavy atom. The van der Waals surface area contributed by atoms with Crippen LogP contribution >= 0.6 is 11.6 Å². The van der Waals surface area contributed by atoms with Gasteiger partial charge in [0.25, 0.3) is 0 Å². The molecule has 0 fully saturated rings. The van der Waals surface area contributed by atoms with Crippen LogP contribution in [0.2, 0.25) is 5.02 Å². The zero-order valence-corrected chi connectivity index (χ0v) is 10.4. The molecule has 3 heteroatoms. The fourth-order valence-corrected chi connectivity index (χ4v) is 1.79. The zero-order valence-electron chi connectivity index (χ0n) is 9.64. The van der Waals surface area contributed by atoms with Crippen molar-refractivity contribution in [3.05, 3.63) is 70.8 Å². The van der Waals surface area contributed by atoms with Crippen molar-refractivity contribution in [2.75, 3.05) is 5.73 Å². The van der Waals surface area contributed by atoms with Crippen LogP contribution in [-0.2, 0) is 0 Å². The van der Waals surface area contributed by atoms with E-state index in [0.29, 0.717) is 16.3 Å². The Kier molecular flexibility index (Phi) is 3.80. The normalized spacial score (nSPS) is 10.7. The molecule has 0 saturated carbocycles. The van der Waals surface area contributed by atoms with Crippen LogP contribution in [0.3, 0.4) is 0 Å². The Hall–Kier alpha value is -2.06. The van der Waals surface area contributed by atoms with Crippen LogP contribution in [0, 0.1) is 0 Å². The Morgan fingerprint density at radius 3 is 2.44 bits per heavy atom. The van der Waals surface area contributed by atoms with Crippen LogP contribution < -0.4 is 5.73 Å². The molecule has 0 aliphatic heterocycles. The van der Waals surface area contributed by atoms with Gasteiger partial charge < -0.3 is 5.73 Å². The number of nitrogen functional groups attached to an aromatic ring is 1. The first kappa shape index (κ1) is 12.4. The fraction of sp³-hybridized carbons (Fsp3) is 0. The van der Waals surface area contributed by atoms with E-state index in [-0.39, 0.29) is 5.78 Å². The van der Waals surface area contributed by atoms with Crippen LogP contribution in [-0.4, -0.2) is 5.78 Å². The summed E-state index contributed by atoms with van der Waals surface area (Å²) < 4.78 is 0. The first-order chi connectivity index (χ1) is 8.68. The summed E-state index contributed by atoms with van der Waals surface area (Å²) in [6.07, 6.45) is 3.17. The minimum Gasteiger partial charge on any atom is -0.398 e. The van der Waals surface area contributed by atoms with Gasteiger partial charge in [-0.25, -0.2) is 0 Å². The van der Waals surface area contributed by atoms with E-state index in [1.807, 2.05) is 18.2 Å². The average molecular weight is 258 g/mol. The molecule has 0 atom stereocenters. The minimum atomic E-state index is -0.131. The summed E-state index contributed by atoms with van der Waals surface area (Å²) in [5.41, 5.74) is 7.53. The second kappa shape index (κ2) is 5.52. The molecule has 0 unspecified atom stereocenters. The van der Waals surface area contributed by atoms with Crippen LogP contribution in [0.1, 0.15) is 15.9 Å². The van der Waals surface area contributed by atoms with Crippen molar-refractivity contribution in [1.29, 1.82) is 0 Å². The largest absolute Gasteiger partial charge is 0.398 e. The lowest BCUT2D eigenvalue weighted by molar-refractivity contribution is 0.104. The second-order valence-corrected chi connectivity index (χ2v) is 4.21. The van der Waals surface area contributed by atoms with E-state index in [9.17, 15) is 4.79 Å². The molecule has 0 aliphatic carbocycles. The maximum atomic E-state index is 11.9. The minimum absolute atomic E-state index is 0.131. The SMILES string of the molecule is Nc1ccccc1C(=O)/C=C/c1ccccc1Cl. The number of benzene rings is 2. The van der Waals surface area contributed by atoms with Gasteiger partial charge in [0.1, 0.15) is 0 Å². The molecule has 90 valence electrons. The number of rotatable bonds is 3. The van der Waals surface area contributed by atoms with E-state index in [1.165, 1.54) is 6.08 Å². The average Bonchev–Trinajstić information content (AvgIpc) is 2.38. The molecule has 0 heterocycles. The van der Waals surface area contributed by atoms with Gasteiger partial charge >= 0.3 is 0 Å². The topological polar surface area (TPSA) is 43.1 Å². The second-order valence-electron chi connectivity index (χ2n) is 3.81. The number of halogens is 1. The third-order valence-electron chi connectivity index (χ3n) is 2.55. The van der Waals surface area contributed by atoms with Gasteiger partial charge in [-0.1, -0.05) is 41.9 Å². The Morgan fingerprint density at radius 2 is 1.72 bits per heavy atom. The number of carbonyl (C=O) groups excluding carboxylic acids is 1. The fourth-order valence-electron chi connectivity index (χ4n) is 1.59. The molecule has 0 aromatic heterocycles. The summed E-state index contributed by atoms with van der Waals surface area (Å²) in [4.78, 5) is 11.9. The highest BCUT2D eigenvalue weighted by Crippen LogP contribution is 2.17. The van der Waals surface area contributed by atoms with Crippen LogP contribution in [0.25, 0.3) is 6.08 Å². The van der Waals surface area contributed by atoms with Crippen molar-refractivity contribution in [3.8, 4) is 0 Å². The van der Waals surface area contributed by atoms with E-state index in [2.05, 4.69) is 0 Å². The molecule has 0 radical (unpaired) electrons. The molecule has 0 amide bonds. The summed E-state index contributed by atoms with van der Waals surface area (Å²) in [6, 6.07) is 14.3. The monoisotopic (exact) mass is 257 g/mol. The van der Waals surface area contributed by atoms with Crippen molar-refractivity contribution in [2.45, 2.75) is 0 Å². The Bertz CT molecular complexity index is 605. The van der Waals surface area contributed by atoms with E-state index >= 15 is 0 Å². The molecule has 2 rings (SSSR count). The lowest BCUT2D eigenvalue weighted by Crippen LogP contribution is -1.99. The number of nitrogens with two attached hydrogens (primary N) is 1. The summed E-state index contributed by atoms with van der Waals surface area (Å²) in [6.45, 7) is 0. The molecule has 0 spiro atoms. The third kappa shape index (κ3) is 2.79. The molecule has 0 bridgehead atoms. The molecule has 2 N–H and O–H groups in total. The highest BCUT2D eigenvalue weighted by Gasteiger charge is 2.05. The first-order valence-corrected chi connectivity index (χ1v) is 5.88. The van der Waals surface area contributed by atoms with E-state index in [1.54, 1.807) is 36.4 Å². The smallest absolute Gasteiger partial charge is 0.187 e. The van der Waals surface area contributed by atoms with Gasteiger partial charge in [0.05, 0.1) is 0 Å². The predicted octanol–water partition coefficient (Wildman–Crippen LogP) is 3.82. The van der Waals surface area contributed by atoms with Gasteiger partial charge in [-0.2, -0.15) is 0 Å². The number of carbonyl (C=O) groups is 1. The first-order valence-electron chi connectivity index (χ1n) is 5.50. The Labute approximate surface area is 111 Å². The van der Waals surface area contributed by atoms with Crippen molar-refractivity contribution in [1.82, 2.24) is 0 Å². The number of anilines is 1. The number of hydrogen-bond acceptors (Lipinski definition) is 2. The molecular formula is C15H12ClNO. The van der Waals surface area contributed by atoms with Gasteiger partial charge in [-0.05, 0) is 35.9 Å². The van der Waals surface area contributed by atoms with Gasteiger partial charge in [0.15, 0.2) is 5.78 Å².